The number of piperidine rings is 4. The highest BCUT2D eigenvalue weighted by atomic mass is 16.5. The van der Waals surface area contributed by atoms with Gasteiger partial charge < -0.3 is 55.1 Å². The van der Waals surface area contributed by atoms with E-state index in [1.54, 1.807) is 26.8 Å². The van der Waals surface area contributed by atoms with Gasteiger partial charge in [-0.1, -0.05) is 39.8 Å². The van der Waals surface area contributed by atoms with Crippen LogP contribution in [0, 0.1) is 39.0 Å². The number of amides is 4. The number of aliphatic hydroxyl groups is 1. The minimum Gasteiger partial charge on any atom is -0.758 e. The van der Waals surface area contributed by atoms with Gasteiger partial charge in [0.15, 0.2) is 0 Å². The molecule has 4 amide bonds. The molecule has 12 unspecified atom stereocenters. The van der Waals surface area contributed by atoms with E-state index in [2.05, 4.69) is 5.32 Å². The summed E-state index contributed by atoms with van der Waals surface area (Å²) in [5.74, 6) is -3.04. The maximum atomic E-state index is 16.8. The number of nitrogens with one attached hydrogen (secondary N) is 1. The molecule has 13 aliphatic heterocycles. The molecule has 9 saturated heterocycles. The molecule has 0 radical (unpaired) electrons. The topological polar surface area (TPSA) is 181 Å². The summed E-state index contributed by atoms with van der Waals surface area (Å²) in [6, 6.07) is 3.57. The maximum absolute atomic E-state index is 16.8. The van der Waals surface area contributed by atoms with Crippen molar-refractivity contribution < 1.29 is 33.8 Å². The molecule has 2 N–H and O–H groups in total. The van der Waals surface area contributed by atoms with Crippen LogP contribution in [-0.2, 0) is 30.2 Å². The second-order valence-corrected chi connectivity index (χ2v) is 25.0. The van der Waals surface area contributed by atoms with Crippen LogP contribution in [0.3, 0.4) is 0 Å². The van der Waals surface area contributed by atoms with Gasteiger partial charge in [-0.3, -0.25) is 19.2 Å². The largest absolute Gasteiger partial charge is 0.758 e. The molecule has 11 fully saturated rings. The molecule has 17 rings (SSSR count). The van der Waals surface area contributed by atoms with E-state index in [1.807, 2.05) is 91.8 Å². The van der Waals surface area contributed by atoms with E-state index in [0.29, 0.717) is 72.6 Å². The molecule has 15 aliphatic rings. The zero-order valence-corrected chi connectivity index (χ0v) is 39.2. The minimum absolute atomic E-state index is 0.226. The summed E-state index contributed by atoms with van der Waals surface area (Å²) in [6.45, 7) is 16.4. The number of fused-ring (bicyclic) bond motifs is 10. The zero-order chi connectivity index (χ0) is 46.7. The van der Waals surface area contributed by atoms with Gasteiger partial charge in [-0.05, 0) is 119 Å². The molecular weight excluding hydrogens is 853 g/mol. The lowest BCUT2D eigenvalue weighted by Crippen LogP contribution is -2.93. The number of anilines is 2. The van der Waals surface area contributed by atoms with Gasteiger partial charge in [-0.25, -0.2) is 0 Å². The van der Waals surface area contributed by atoms with Crippen LogP contribution < -0.4 is 24.9 Å². The summed E-state index contributed by atoms with van der Waals surface area (Å²) in [5.41, 5.74) is -11.5. The third-order valence-electron chi connectivity index (χ3n) is 20.9. The average molecular weight is 909 g/mol. The van der Waals surface area contributed by atoms with E-state index in [0.717, 1.165) is 10.1 Å². The monoisotopic (exact) mass is 908 g/mol. The van der Waals surface area contributed by atoms with Gasteiger partial charge in [0.2, 0.25) is 17.7 Å². The van der Waals surface area contributed by atoms with Crippen LogP contribution >= 0.6 is 0 Å². The summed E-state index contributed by atoms with van der Waals surface area (Å²) < 4.78 is 13.0. The number of hydroxylamine groups is 2. The molecule has 67 heavy (non-hydrogen) atoms. The Balaban J connectivity index is 1.14. The van der Waals surface area contributed by atoms with Gasteiger partial charge in [-0.2, -0.15) is 0 Å². The summed E-state index contributed by atoms with van der Waals surface area (Å²) in [5, 5.41) is 53.1. The molecule has 2 saturated carbocycles. The Morgan fingerprint density at radius 1 is 0.657 bits per heavy atom. The number of hydrogen-bond acceptors (Lipinski definition) is 11. The Morgan fingerprint density at radius 2 is 1.19 bits per heavy atom. The molecule has 4 bridgehead atoms. The Hall–Kier alpha value is -5.12. The fourth-order valence-electron chi connectivity index (χ4n) is 19.2. The van der Waals surface area contributed by atoms with E-state index in [4.69, 9.17) is 9.47 Å². The number of ether oxygens (including phenoxy) is 2. The van der Waals surface area contributed by atoms with Gasteiger partial charge >= 0.3 is 0 Å². The van der Waals surface area contributed by atoms with Crippen LogP contribution in [-0.4, -0.2) is 108 Å². The molecule has 2 aliphatic carbocycles. The fourth-order valence-corrected chi connectivity index (χ4v) is 19.2. The predicted octanol–water partition coefficient (Wildman–Crippen LogP) is 4.84. The van der Waals surface area contributed by atoms with Gasteiger partial charge in [0.1, 0.15) is 50.5 Å². The number of benzene rings is 2. The Bertz CT molecular complexity index is 2930. The van der Waals surface area contributed by atoms with Crippen LogP contribution in [0.1, 0.15) is 116 Å². The maximum Gasteiger partial charge on any atom is 0.251 e. The molecule has 12 atom stereocenters. The lowest BCUT2D eigenvalue weighted by Gasteiger charge is -2.73. The Kier molecular flexibility index (Phi) is 6.36. The number of carbonyl (C=O) groups excluding carboxylic acids is 4. The van der Waals surface area contributed by atoms with Crippen LogP contribution in [0.25, 0.3) is 12.2 Å². The summed E-state index contributed by atoms with van der Waals surface area (Å²) in [7, 11) is 0. The summed E-state index contributed by atoms with van der Waals surface area (Å²) in [4.78, 5) is 70.3. The number of piperazine rings is 2. The standard InChI is InChI=1S/C52H56N6O9/c1-43(2)19-15-25-29(66-43)13-11-27-33(25)57(64)36-45(5,6)31-23-47-17-9-21-54(47)41(61)50(31,53-39(47)59)38-49(27,36)35-51-32(24-48(40(60)56(38)51)18-10-22-55(48)42(51)62)46(7,8)37-52(35,63)28-12-14-30-26(34(28)58(37)65)16-20-44(3,4)67-30/h11-16,19-20,31-32,35-38,63H,9-10,17-18,21-24H2,1-8H3,(H,53,59)/q-2. The van der Waals surface area contributed by atoms with Gasteiger partial charge in [0, 0.05) is 70.4 Å². The van der Waals surface area contributed by atoms with Crippen molar-refractivity contribution >= 4 is 47.2 Å². The first kappa shape index (κ1) is 39.8. The van der Waals surface area contributed by atoms with Crippen LogP contribution in [0.4, 0.5) is 11.4 Å². The quantitative estimate of drug-likeness (QED) is 0.369. The lowest BCUT2D eigenvalue weighted by molar-refractivity contribution is -0.246. The molecule has 0 aromatic heterocycles. The Labute approximate surface area is 388 Å². The first-order chi connectivity index (χ1) is 31.5. The third-order valence-corrected chi connectivity index (χ3v) is 20.9. The fraction of sp³-hybridized carbons (Fsp3) is 0.615. The van der Waals surface area contributed by atoms with Crippen molar-refractivity contribution in [2.24, 2.45) is 28.6 Å². The van der Waals surface area contributed by atoms with Crippen LogP contribution in [0.2, 0.25) is 0 Å². The highest BCUT2D eigenvalue weighted by molar-refractivity contribution is 6.11. The second kappa shape index (κ2) is 10.7. The SMILES string of the molecule is CC1(C)C=Cc2c(ccc3c2N([O-])C2C(C)(C)C4CC56CCCN5C(=O)C45C(C32O)C23c4ccc7c(c4N([O-])C2C(C)(C)C2CC48CCCN4C(=O)C2(NC8=O)C3N5C6=O)C=CC(C)(C)O7)O1. The Morgan fingerprint density at radius 3 is 1.84 bits per heavy atom. The molecule has 2 aromatic carbocycles. The third kappa shape index (κ3) is 3.55. The van der Waals surface area contributed by atoms with Crippen molar-refractivity contribution in [2.75, 3.05) is 23.2 Å². The van der Waals surface area contributed by atoms with Crippen LogP contribution in [0.15, 0.2) is 36.4 Å². The summed E-state index contributed by atoms with van der Waals surface area (Å²) in [6.07, 6.45) is 10.2. The molecule has 2 aromatic rings. The molecule has 15 heteroatoms. The second-order valence-electron chi connectivity index (χ2n) is 25.0. The van der Waals surface area contributed by atoms with Crippen molar-refractivity contribution in [2.45, 2.75) is 156 Å². The lowest BCUT2D eigenvalue weighted by atomic mass is 9.35. The first-order valence-corrected chi connectivity index (χ1v) is 24.5. The molecular formula is C52H56N6O9-2. The van der Waals surface area contributed by atoms with Crippen molar-refractivity contribution in [1.29, 1.82) is 0 Å². The van der Waals surface area contributed by atoms with E-state index >= 15 is 34.7 Å². The van der Waals surface area contributed by atoms with Gasteiger partial charge in [0.25, 0.3) is 5.91 Å². The highest BCUT2D eigenvalue weighted by Gasteiger charge is 2.97. The first-order valence-electron chi connectivity index (χ1n) is 24.5. The summed E-state index contributed by atoms with van der Waals surface area (Å²) >= 11 is 0. The smallest absolute Gasteiger partial charge is 0.251 e. The van der Waals surface area contributed by atoms with E-state index < -0.39 is 91.1 Å². The molecule has 350 valence electrons. The van der Waals surface area contributed by atoms with Crippen LogP contribution in [0.5, 0.6) is 11.5 Å². The highest BCUT2D eigenvalue weighted by Crippen LogP contribution is 2.84. The van der Waals surface area contributed by atoms with Crippen molar-refractivity contribution in [3.63, 3.8) is 0 Å². The minimum atomic E-state index is -2.24. The predicted molar refractivity (Wildman–Crippen MR) is 244 cm³/mol. The number of nitrogens with zero attached hydrogens (tertiary/aromatic N) is 5. The van der Waals surface area contributed by atoms with Gasteiger partial charge in [0.05, 0.1) is 12.1 Å². The number of rotatable bonds is 0. The number of carbonyl (C=O) groups is 4. The van der Waals surface area contributed by atoms with Gasteiger partial charge in [-0.15, -0.1) is 0 Å². The van der Waals surface area contributed by atoms with E-state index in [-0.39, 0.29) is 47.7 Å². The van der Waals surface area contributed by atoms with Crippen molar-refractivity contribution in [1.82, 2.24) is 20.0 Å². The van der Waals surface area contributed by atoms with E-state index in [9.17, 15) is 0 Å². The molecule has 15 nitrogen and oxygen atoms in total. The van der Waals surface area contributed by atoms with Crippen molar-refractivity contribution in [3.8, 4) is 11.5 Å². The molecule has 5 spiro atoms. The van der Waals surface area contributed by atoms with Crippen molar-refractivity contribution in [3.05, 3.63) is 69.1 Å². The molecule has 13 heterocycles. The van der Waals surface area contributed by atoms with E-state index in [1.165, 1.54) is 0 Å². The normalized spacial score (nSPS) is 45.2. The zero-order valence-electron chi connectivity index (χ0n) is 39.2. The average Bonchev–Trinajstić information content (AvgIpc) is 4.05. The number of hydrogen-bond donors (Lipinski definition) is 2.